The molecule has 0 spiro atoms. The van der Waals surface area contributed by atoms with Crippen LogP contribution in [0.15, 0.2) is 0 Å². The van der Waals surface area contributed by atoms with E-state index in [4.69, 9.17) is 9.90 Å². The Hall–Kier alpha value is 0.602. The van der Waals surface area contributed by atoms with Gasteiger partial charge in [-0.15, -0.1) is 0 Å². The fourth-order valence-electron chi connectivity index (χ4n) is 2.64. The van der Waals surface area contributed by atoms with E-state index in [1.54, 1.807) is 0 Å². The molecule has 154 valence electrons. The maximum atomic E-state index is 10.2. The van der Waals surface area contributed by atoms with E-state index in [2.05, 4.69) is 6.92 Å². The smallest absolute Gasteiger partial charge is 0.550 e. The molecule has 0 bridgehead atoms. The fourth-order valence-corrected chi connectivity index (χ4v) is 2.64. The molecule has 0 unspecified atom stereocenters. The van der Waals surface area contributed by atoms with Crippen molar-refractivity contribution in [3.05, 3.63) is 0 Å². The molecule has 0 saturated heterocycles. The molecule has 0 heterocycles. The Bertz CT molecular complexity index is 285. The van der Waals surface area contributed by atoms with Crippen LogP contribution >= 0.6 is 0 Å². The molecular formula is C20H38AuO4Pb+3. The van der Waals surface area contributed by atoms with Crippen molar-refractivity contribution < 1.29 is 42.2 Å². The minimum absolute atomic E-state index is 0. The molecule has 26 heavy (non-hydrogen) atoms. The summed E-state index contributed by atoms with van der Waals surface area (Å²) in [7, 11) is 0. The summed E-state index contributed by atoms with van der Waals surface area (Å²) in [6.45, 7) is 3.24. The summed E-state index contributed by atoms with van der Waals surface area (Å²) >= 11 is 0. The van der Waals surface area contributed by atoms with Crippen molar-refractivity contribution >= 4 is 39.2 Å². The standard InChI is InChI=1S/C18H36O2.C2H4O2.Au.Pb/c1-2-3-4-5-6-7-8-9-10-11-12-13-14-15-16-17-18(19)20;1-2(3)4;;/h2-17H2,1H3,(H,19,20);1H3,(H,3,4);;/q;;+3;+2/p-2. The van der Waals surface area contributed by atoms with Crippen LogP contribution < -0.4 is 10.2 Å². The topological polar surface area (TPSA) is 80.3 Å². The first-order valence-corrected chi connectivity index (χ1v) is 9.88. The largest absolute Gasteiger partial charge is 3.00 e. The van der Waals surface area contributed by atoms with Crippen LogP contribution in [0, 0.1) is 0 Å². The van der Waals surface area contributed by atoms with Crippen molar-refractivity contribution in [3.8, 4) is 0 Å². The third-order valence-corrected chi connectivity index (χ3v) is 3.98. The van der Waals surface area contributed by atoms with Gasteiger partial charge in [0.05, 0.1) is 0 Å². The summed E-state index contributed by atoms with van der Waals surface area (Å²) in [5, 5.41) is 19.1. The van der Waals surface area contributed by atoms with Crippen molar-refractivity contribution in [3.63, 3.8) is 0 Å². The van der Waals surface area contributed by atoms with Crippen LogP contribution in [0.2, 0.25) is 0 Å². The van der Waals surface area contributed by atoms with E-state index in [0.29, 0.717) is 0 Å². The quantitative estimate of drug-likeness (QED) is 0.180. The number of carboxylic acid groups (broad SMARTS) is 2. The zero-order chi connectivity index (χ0) is 18.5. The summed E-state index contributed by atoms with van der Waals surface area (Å²) in [5.74, 6) is -1.99. The second-order valence-electron chi connectivity index (χ2n) is 6.56. The van der Waals surface area contributed by atoms with E-state index in [1.807, 2.05) is 0 Å². The first-order chi connectivity index (χ1) is 11.5. The van der Waals surface area contributed by atoms with E-state index >= 15 is 0 Å². The second-order valence-corrected chi connectivity index (χ2v) is 6.56. The van der Waals surface area contributed by atoms with Crippen molar-refractivity contribution in [1.82, 2.24) is 0 Å². The fraction of sp³-hybridized carbons (Fsp3) is 0.900. The average molecular weight is 747 g/mol. The van der Waals surface area contributed by atoms with Gasteiger partial charge in [-0.25, -0.2) is 0 Å². The average Bonchev–Trinajstić information content (AvgIpc) is 2.50. The predicted octanol–water partition coefficient (Wildman–Crippen LogP) is 3.37. The molecule has 2 radical (unpaired) electrons. The zero-order valence-electron chi connectivity index (χ0n) is 16.7. The molecule has 0 aromatic carbocycles. The summed E-state index contributed by atoms with van der Waals surface area (Å²) in [4.78, 5) is 19.1. The summed E-state index contributed by atoms with van der Waals surface area (Å²) in [5.41, 5.74) is 0. The number of carboxylic acids is 2. The van der Waals surface area contributed by atoms with Gasteiger partial charge in [-0.2, -0.15) is 0 Å². The van der Waals surface area contributed by atoms with E-state index in [0.717, 1.165) is 19.8 Å². The number of rotatable bonds is 16. The number of unbranched alkanes of at least 4 members (excludes halogenated alkanes) is 14. The first-order valence-electron chi connectivity index (χ1n) is 9.88. The van der Waals surface area contributed by atoms with Crippen molar-refractivity contribution in [2.24, 2.45) is 0 Å². The van der Waals surface area contributed by atoms with Gasteiger partial charge in [0.2, 0.25) is 0 Å². The molecule has 0 aliphatic rings. The van der Waals surface area contributed by atoms with Crippen LogP contribution in [0.25, 0.3) is 0 Å². The van der Waals surface area contributed by atoms with Crippen LogP contribution in [0.5, 0.6) is 0 Å². The molecule has 4 nitrogen and oxygen atoms in total. The molecule has 0 aliphatic heterocycles. The van der Waals surface area contributed by atoms with E-state index < -0.39 is 11.9 Å². The predicted molar refractivity (Wildman–Crippen MR) is 101 cm³/mol. The molecule has 6 heteroatoms. The molecular weight excluding hydrogens is 708 g/mol. The van der Waals surface area contributed by atoms with Crippen LogP contribution in [0.4, 0.5) is 0 Å². The van der Waals surface area contributed by atoms with Crippen LogP contribution in [-0.2, 0) is 32.0 Å². The Kier molecular flexibility index (Phi) is 39.8. The molecule has 0 atom stereocenters. The first kappa shape index (κ1) is 34.1. The third kappa shape index (κ3) is 44.2. The van der Waals surface area contributed by atoms with Crippen LogP contribution in [0.3, 0.4) is 0 Å². The Balaban J connectivity index is -0.000000363. The number of hydrogen-bond acceptors (Lipinski definition) is 4. The van der Waals surface area contributed by atoms with Gasteiger partial charge >= 0.3 is 49.7 Å². The SMILES string of the molecule is CC(=O)[O-].CCCCCCCCCCCCCCCCCC(=O)[O-].[Au+3].[Pb+2]. The van der Waals surface area contributed by atoms with Crippen LogP contribution in [-0.4, -0.2) is 39.2 Å². The Morgan fingerprint density at radius 2 is 0.846 bits per heavy atom. The van der Waals surface area contributed by atoms with Gasteiger partial charge in [0.25, 0.3) is 0 Å². The minimum Gasteiger partial charge on any atom is -0.550 e. The molecule has 0 aliphatic carbocycles. The molecule has 0 fully saturated rings. The zero-order valence-corrected chi connectivity index (χ0v) is 22.8. The normalized spacial score (nSPS) is 9.31. The van der Waals surface area contributed by atoms with Gasteiger partial charge < -0.3 is 19.8 Å². The van der Waals surface area contributed by atoms with Gasteiger partial charge in [0.15, 0.2) is 0 Å². The van der Waals surface area contributed by atoms with Gasteiger partial charge in [0.1, 0.15) is 0 Å². The maximum absolute atomic E-state index is 10.2. The molecule has 0 amide bonds. The molecule has 0 N–H and O–H groups in total. The van der Waals surface area contributed by atoms with Crippen molar-refractivity contribution in [2.75, 3.05) is 0 Å². The molecule has 0 aromatic rings. The monoisotopic (exact) mass is 747 g/mol. The Morgan fingerprint density at radius 3 is 1.08 bits per heavy atom. The van der Waals surface area contributed by atoms with Crippen LogP contribution in [0.1, 0.15) is 117 Å². The number of carbonyl (C=O) groups is 2. The number of carbonyl (C=O) groups excluding carboxylic acids is 2. The van der Waals surface area contributed by atoms with Crippen molar-refractivity contribution in [2.45, 2.75) is 117 Å². The summed E-state index contributed by atoms with van der Waals surface area (Å²) in [6.07, 6.45) is 19.9. The number of aliphatic carboxylic acids is 2. The van der Waals surface area contributed by atoms with Gasteiger partial charge in [-0.05, 0) is 19.8 Å². The number of hydrogen-bond donors (Lipinski definition) is 0. The van der Waals surface area contributed by atoms with Gasteiger partial charge in [-0.1, -0.05) is 96.8 Å². The van der Waals surface area contributed by atoms with E-state index in [1.165, 1.54) is 83.5 Å². The molecule has 0 aromatic heterocycles. The third-order valence-electron chi connectivity index (χ3n) is 3.98. The minimum atomic E-state index is -1.08. The Morgan fingerprint density at radius 1 is 0.615 bits per heavy atom. The second kappa shape index (κ2) is 30.3. The summed E-state index contributed by atoms with van der Waals surface area (Å²) < 4.78 is 0. The molecule has 0 rings (SSSR count). The molecule has 0 saturated carbocycles. The van der Waals surface area contributed by atoms with Gasteiger partial charge in [0, 0.05) is 11.9 Å². The van der Waals surface area contributed by atoms with Crippen molar-refractivity contribution in [1.29, 1.82) is 0 Å². The maximum Gasteiger partial charge on any atom is 3.00 e. The van der Waals surface area contributed by atoms with E-state index in [-0.39, 0.29) is 56.1 Å². The van der Waals surface area contributed by atoms with Gasteiger partial charge in [-0.3, -0.25) is 0 Å². The Labute approximate surface area is 197 Å². The summed E-state index contributed by atoms with van der Waals surface area (Å²) in [6, 6.07) is 0. The van der Waals surface area contributed by atoms with E-state index in [9.17, 15) is 9.90 Å².